The minimum atomic E-state index is -1.77. The maximum absolute atomic E-state index is 11.8. The van der Waals surface area contributed by atoms with Gasteiger partial charge in [-0.3, -0.25) is 0 Å². The molecule has 0 saturated heterocycles. The van der Waals surface area contributed by atoms with Crippen LogP contribution in [0.4, 0.5) is 5.69 Å². The first kappa shape index (κ1) is 16.4. The van der Waals surface area contributed by atoms with Gasteiger partial charge in [0.2, 0.25) is 5.72 Å². The van der Waals surface area contributed by atoms with Crippen molar-refractivity contribution in [3.63, 3.8) is 0 Å². The van der Waals surface area contributed by atoms with Crippen LogP contribution >= 0.6 is 23.2 Å². The molecule has 2 unspecified atom stereocenters. The molecular formula is C20H15Cl2NO2. The molecule has 5 heteroatoms. The lowest BCUT2D eigenvalue weighted by Gasteiger charge is -2.39. The molecule has 0 spiro atoms. The SMILES string of the molecule is OC1(c2ccc(Cl)cc2)Nc2ccc(Cl)cc2C1(O)c1ccccc1. The maximum Gasteiger partial charge on any atom is 0.200 e. The van der Waals surface area contributed by atoms with E-state index in [2.05, 4.69) is 5.32 Å². The van der Waals surface area contributed by atoms with Gasteiger partial charge in [0, 0.05) is 26.9 Å². The van der Waals surface area contributed by atoms with Crippen LogP contribution in [0.5, 0.6) is 0 Å². The van der Waals surface area contributed by atoms with Crippen molar-refractivity contribution in [2.75, 3.05) is 5.32 Å². The summed E-state index contributed by atoms with van der Waals surface area (Å²) in [5, 5.41) is 27.5. The molecular weight excluding hydrogens is 357 g/mol. The first-order valence-corrected chi connectivity index (χ1v) is 8.55. The Morgan fingerprint density at radius 3 is 2.04 bits per heavy atom. The van der Waals surface area contributed by atoms with Crippen LogP contribution < -0.4 is 5.32 Å². The molecule has 1 heterocycles. The Balaban J connectivity index is 2.00. The van der Waals surface area contributed by atoms with Gasteiger partial charge in [0.05, 0.1) is 0 Å². The Morgan fingerprint density at radius 2 is 1.36 bits per heavy atom. The Kier molecular flexibility index (Phi) is 3.78. The minimum Gasteiger partial charge on any atom is -0.375 e. The van der Waals surface area contributed by atoms with E-state index >= 15 is 0 Å². The topological polar surface area (TPSA) is 52.5 Å². The van der Waals surface area contributed by atoms with Crippen molar-refractivity contribution in [3.05, 3.63) is 99.5 Å². The summed E-state index contributed by atoms with van der Waals surface area (Å²) < 4.78 is 0. The Hall–Kier alpha value is -2.04. The molecule has 1 aliphatic heterocycles. The number of halogens is 2. The van der Waals surface area contributed by atoms with E-state index < -0.39 is 11.3 Å². The molecule has 1 aliphatic rings. The van der Waals surface area contributed by atoms with E-state index in [9.17, 15) is 10.2 Å². The summed E-state index contributed by atoms with van der Waals surface area (Å²) in [6.45, 7) is 0. The number of hydrogen-bond donors (Lipinski definition) is 3. The first-order chi connectivity index (χ1) is 11.9. The lowest BCUT2D eigenvalue weighted by atomic mass is 9.77. The molecule has 0 amide bonds. The van der Waals surface area contributed by atoms with Gasteiger partial charge in [0.1, 0.15) is 0 Å². The van der Waals surface area contributed by atoms with Gasteiger partial charge < -0.3 is 15.5 Å². The van der Waals surface area contributed by atoms with Crippen LogP contribution in [0.3, 0.4) is 0 Å². The second-order valence-corrected chi connectivity index (χ2v) is 6.98. The Morgan fingerprint density at radius 1 is 0.720 bits per heavy atom. The summed E-state index contributed by atoms with van der Waals surface area (Å²) in [7, 11) is 0. The molecule has 0 radical (unpaired) electrons. The van der Waals surface area contributed by atoms with Crippen LogP contribution in [-0.4, -0.2) is 10.2 Å². The van der Waals surface area contributed by atoms with Crippen LogP contribution in [0.1, 0.15) is 16.7 Å². The fourth-order valence-electron chi connectivity index (χ4n) is 3.42. The molecule has 126 valence electrons. The van der Waals surface area contributed by atoms with Crippen LogP contribution in [-0.2, 0) is 11.3 Å². The molecule has 3 N–H and O–H groups in total. The summed E-state index contributed by atoms with van der Waals surface area (Å²) in [6, 6.07) is 20.9. The molecule has 0 saturated carbocycles. The van der Waals surface area contributed by atoms with Crippen LogP contribution in [0.25, 0.3) is 0 Å². The fourth-order valence-corrected chi connectivity index (χ4v) is 3.72. The van der Waals surface area contributed by atoms with E-state index in [0.717, 1.165) is 0 Å². The number of aliphatic hydroxyl groups is 2. The molecule has 3 aromatic carbocycles. The fraction of sp³-hybridized carbons (Fsp3) is 0.100. The van der Waals surface area contributed by atoms with E-state index in [1.807, 2.05) is 18.2 Å². The van der Waals surface area contributed by atoms with E-state index in [0.29, 0.717) is 32.4 Å². The zero-order chi connectivity index (χ0) is 17.7. The molecule has 0 bridgehead atoms. The van der Waals surface area contributed by atoms with Gasteiger partial charge in [-0.15, -0.1) is 0 Å². The van der Waals surface area contributed by atoms with E-state index in [4.69, 9.17) is 23.2 Å². The van der Waals surface area contributed by atoms with Crippen molar-refractivity contribution in [1.29, 1.82) is 0 Å². The predicted molar refractivity (Wildman–Crippen MR) is 99.9 cm³/mol. The van der Waals surface area contributed by atoms with Crippen molar-refractivity contribution < 1.29 is 10.2 Å². The number of rotatable bonds is 2. The van der Waals surface area contributed by atoms with Gasteiger partial charge in [0.25, 0.3) is 0 Å². The highest BCUT2D eigenvalue weighted by Crippen LogP contribution is 2.53. The van der Waals surface area contributed by atoms with Crippen LogP contribution in [0.2, 0.25) is 10.0 Å². The Bertz CT molecular complexity index is 930. The largest absolute Gasteiger partial charge is 0.375 e. The zero-order valence-electron chi connectivity index (χ0n) is 13.1. The summed E-state index contributed by atoms with van der Waals surface area (Å²) in [5.74, 6) is 0. The van der Waals surface area contributed by atoms with Gasteiger partial charge in [-0.2, -0.15) is 0 Å². The average molecular weight is 372 g/mol. The molecule has 0 aromatic heterocycles. The summed E-state index contributed by atoms with van der Waals surface area (Å²) >= 11 is 12.1. The summed E-state index contributed by atoms with van der Waals surface area (Å²) in [4.78, 5) is 0. The summed E-state index contributed by atoms with van der Waals surface area (Å²) in [5.41, 5.74) is -1.30. The van der Waals surface area contributed by atoms with Crippen molar-refractivity contribution in [1.82, 2.24) is 0 Å². The maximum atomic E-state index is 11.8. The second kappa shape index (κ2) is 5.75. The molecule has 3 nitrogen and oxygen atoms in total. The average Bonchev–Trinajstić information content (AvgIpc) is 2.86. The van der Waals surface area contributed by atoms with Gasteiger partial charge in [-0.1, -0.05) is 65.7 Å². The van der Waals surface area contributed by atoms with E-state index in [1.54, 1.807) is 54.6 Å². The third kappa shape index (κ3) is 2.35. The standard InChI is InChI=1S/C20H15Cl2NO2/c21-15-8-6-14(7-9-15)20(25)19(24,13-4-2-1-3-5-13)17-12-16(22)10-11-18(17)23-20/h1-12,23-25H. The number of anilines is 1. The highest BCUT2D eigenvalue weighted by Gasteiger charge is 2.58. The highest BCUT2D eigenvalue weighted by molar-refractivity contribution is 6.31. The van der Waals surface area contributed by atoms with Crippen LogP contribution in [0, 0.1) is 0 Å². The number of benzene rings is 3. The molecule has 3 aromatic rings. The molecule has 0 fully saturated rings. The van der Waals surface area contributed by atoms with Crippen molar-refractivity contribution in [2.24, 2.45) is 0 Å². The monoisotopic (exact) mass is 371 g/mol. The van der Waals surface area contributed by atoms with Crippen LogP contribution in [0.15, 0.2) is 72.8 Å². The zero-order valence-corrected chi connectivity index (χ0v) is 14.6. The lowest BCUT2D eigenvalue weighted by molar-refractivity contribution is -0.111. The van der Waals surface area contributed by atoms with Gasteiger partial charge in [0.15, 0.2) is 5.60 Å². The Labute approximate surface area is 155 Å². The second-order valence-electron chi connectivity index (χ2n) is 6.11. The normalized spacial score (nSPS) is 24.6. The number of fused-ring (bicyclic) bond motifs is 1. The lowest BCUT2D eigenvalue weighted by Crippen LogP contribution is -2.50. The smallest absolute Gasteiger partial charge is 0.200 e. The molecule has 2 atom stereocenters. The quantitative estimate of drug-likeness (QED) is 0.621. The minimum absolute atomic E-state index is 0.482. The van der Waals surface area contributed by atoms with Gasteiger partial charge in [-0.05, 0) is 35.9 Å². The molecule has 0 aliphatic carbocycles. The molecule has 25 heavy (non-hydrogen) atoms. The van der Waals surface area contributed by atoms with Crippen molar-refractivity contribution >= 4 is 28.9 Å². The summed E-state index contributed by atoms with van der Waals surface area (Å²) in [6.07, 6.45) is 0. The molecule has 4 rings (SSSR count). The van der Waals surface area contributed by atoms with E-state index in [-0.39, 0.29) is 0 Å². The third-order valence-electron chi connectivity index (χ3n) is 4.66. The number of nitrogens with one attached hydrogen (secondary N) is 1. The van der Waals surface area contributed by atoms with E-state index in [1.165, 1.54) is 0 Å². The predicted octanol–water partition coefficient (Wildman–Crippen LogP) is 4.50. The van der Waals surface area contributed by atoms with Crippen molar-refractivity contribution in [3.8, 4) is 0 Å². The third-order valence-corrected chi connectivity index (χ3v) is 5.15. The first-order valence-electron chi connectivity index (χ1n) is 7.80. The van der Waals surface area contributed by atoms with Crippen molar-refractivity contribution in [2.45, 2.75) is 11.3 Å². The highest BCUT2D eigenvalue weighted by atomic mass is 35.5. The van der Waals surface area contributed by atoms with Gasteiger partial charge in [-0.25, -0.2) is 0 Å². The van der Waals surface area contributed by atoms with Gasteiger partial charge >= 0.3 is 0 Å². The number of hydrogen-bond acceptors (Lipinski definition) is 3.